The molecule has 0 saturated carbocycles. The number of nitrogens with one attached hydrogen (secondary N) is 1. The molecule has 4 aromatic rings. The highest BCUT2D eigenvalue weighted by Gasteiger charge is 2.36. The summed E-state index contributed by atoms with van der Waals surface area (Å²) in [6, 6.07) is 24.9. The molecule has 1 aliphatic rings. The van der Waals surface area contributed by atoms with Gasteiger partial charge in [0.05, 0.1) is 29.7 Å². The third-order valence-corrected chi connectivity index (χ3v) is 6.24. The van der Waals surface area contributed by atoms with Crippen LogP contribution in [-0.2, 0) is 9.59 Å². The maximum atomic E-state index is 12.9. The lowest BCUT2D eigenvalue weighted by Gasteiger charge is -2.19. The SMILES string of the molecule is COc1cc([N+](=O)[O-])ccc1N1C[C@@H](C(=O)Nc2ccc(Oc3ccc4ccccc4c3)cc2)CC1=O. The summed E-state index contributed by atoms with van der Waals surface area (Å²) in [6.07, 6.45) is 0.0229. The minimum Gasteiger partial charge on any atom is -0.494 e. The van der Waals surface area contributed by atoms with Crippen LogP contribution in [0, 0.1) is 16.0 Å². The Morgan fingerprint density at radius 3 is 2.43 bits per heavy atom. The smallest absolute Gasteiger partial charge is 0.273 e. The van der Waals surface area contributed by atoms with Crippen molar-refractivity contribution in [1.29, 1.82) is 0 Å². The molecule has 1 heterocycles. The summed E-state index contributed by atoms with van der Waals surface area (Å²) in [4.78, 5) is 37.5. The first-order valence-electron chi connectivity index (χ1n) is 11.6. The fourth-order valence-electron chi connectivity index (χ4n) is 4.34. The summed E-state index contributed by atoms with van der Waals surface area (Å²) in [5.41, 5.74) is 0.827. The zero-order valence-corrected chi connectivity index (χ0v) is 19.9. The van der Waals surface area contributed by atoms with E-state index in [1.807, 2.05) is 42.5 Å². The number of benzene rings is 4. The first-order valence-corrected chi connectivity index (χ1v) is 11.6. The van der Waals surface area contributed by atoms with Crippen molar-refractivity contribution in [2.45, 2.75) is 6.42 Å². The Bertz CT molecular complexity index is 1500. The topological polar surface area (TPSA) is 111 Å². The molecule has 0 aliphatic carbocycles. The van der Waals surface area contributed by atoms with Gasteiger partial charge in [0.25, 0.3) is 5.69 Å². The van der Waals surface area contributed by atoms with Crippen molar-refractivity contribution >= 4 is 39.6 Å². The summed E-state index contributed by atoms with van der Waals surface area (Å²) < 4.78 is 11.2. The number of nitro benzene ring substituents is 1. The molecule has 1 atom stereocenters. The van der Waals surface area contributed by atoms with Gasteiger partial charge >= 0.3 is 0 Å². The number of fused-ring (bicyclic) bond motifs is 1. The van der Waals surface area contributed by atoms with E-state index in [4.69, 9.17) is 9.47 Å². The lowest BCUT2D eigenvalue weighted by atomic mass is 10.1. The molecule has 9 heteroatoms. The summed E-state index contributed by atoms with van der Waals surface area (Å²) in [6.45, 7) is 0.141. The minimum atomic E-state index is -0.582. The predicted molar refractivity (Wildman–Crippen MR) is 139 cm³/mol. The Morgan fingerprint density at radius 1 is 0.973 bits per heavy atom. The van der Waals surface area contributed by atoms with Gasteiger partial charge in [-0.1, -0.05) is 30.3 Å². The highest BCUT2D eigenvalue weighted by molar-refractivity contribution is 6.04. The maximum absolute atomic E-state index is 12.9. The highest BCUT2D eigenvalue weighted by Crippen LogP contribution is 2.36. The van der Waals surface area contributed by atoms with Crippen molar-refractivity contribution in [2.24, 2.45) is 5.92 Å². The molecule has 4 aromatic carbocycles. The zero-order chi connectivity index (χ0) is 25.9. The number of anilines is 2. The second-order valence-corrected chi connectivity index (χ2v) is 8.64. The number of carbonyl (C=O) groups excluding carboxylic acids is 2. The van der Waals surface area contributed by atoms with E-state index in [0.29, 0.717) is 22.9 Å². The summed E-state index contributed by atoms with van der Waals surface area (Å²) in [5, 5.41) is 16.1. The number of amides is 2. The molecular weight excluding hydrogens is 474 g/mol. The standard InChI is InChI=1S/C28H23N3O6/c1-36-26-16-22(31(34)35)9-13-25(26)30-17-20(15-27(30)32)28(33)29-21-7-11-23(12-8-21)37-24-10-6-18-4-2-3-5-19(18)14-24/h2-14,16,20H,15,17H2,1H3,(H,29,33)/t20-/m0/s1. The third-order valence-electron chi connectivity index (χ3n) is 6.24. The van der Waals surface area contributed by atoms with Crippen molar-refractivity contribution in [3.8, 4) is 17.2 Å². The number of hydrogen-bond acceptors (Lipinski definition) is 6. The number of methoxy groups -OCH3 is 1. The van der Waals surface area contributed by atoms with Crippen molar-refractivity contribution in [3.63, 3.8) is 0 Å². The second-order valence-electron chi connectivity index (χ2n) is 8.64. The van der Waals surface area contributed by atoms with Crippen LogP contribution in [-0.4, -0.2) is 30.4 Å². The molecule has 1 fully saturated rings. The molecule has 1 N–H and O–H groups in total. The van der Waals surface area contributed by atoms with Crippen LogP contribution in [0.1, 0.15) is 6.42 Å². The molecule has 0 aromatic heterocycles. The molecule has 0 bridgehead atoms. The molecule has 0 spiro atoms. The van der Waals surface area contributed by atoms with Gasteiger partial charge < -0.3 is 19.7 Å². The number of non-ortho nitro benzene ring substituents is 1. The highest BCUT2D eigenvalue weighted by atomic mass is 16.6. The second kappa shape index (κ2) is 9.98. The molecule has 186 valence electrons. The van der Waals surface area contributed by atoms with Gasteiger partial charge in [0, 0.05) is 24.7 Å². The summed E-state index contributed by atoms with van der Waals surface area (Å²) >= 11 is 0. The molecule has 1 aliphatic heterocycles. The van der Waals surface area contributed by atoms with Gasteiger partial charge in [-0.15, -0.1) is 0 Å². The third kappa shape index (κ3) is 5.06. The van der Waals surface area contributed by atoms with Gasteiger partial charge in [0.1, 0.15) is 17.2 Å². The maximum Gasteiger partial charge on any atom is 0.273 e. The fourth-order valence-corrected chi connectivity index (χ4v) is 4.34. The van der Waals surface area contributed by atoms with Crippen LogP contribution in [0.25, 0.3) is 10.8 Å². The quantitative estimate of drug-likeness (QED) is 0.265. The average Bonchev–Trinajstić information content (AvgIpc) is 3.30. The van der Waals surface area contributed by atoms with Crippen LogP contribution in [0.4, 0.5) is 17.1 Å². The number of nitro groups is 1. The Labute approximate surface area is 212 Å². The molecule has 5 rings (SSSR count). The molecule has 9 nitrogen and oxygen atoms in total. The molecular formula is C28H23N3O6. The van der Waals surface area contributed by atoms with E-state index < -0.39 is 10.8 Å². The van der Waals surface area contributed by atoms with Crippen LogP contribution < -0.4 is 19.7 Å². The van der Waals surface area contributed by atoms with E-state index in [1.54, 1.807) is 24.3 Å². The number of nitrogens with zero attached hydrogens (tertiary/aromatic N) is 2. The van der Waals surface area contributed by atoms with Gasteiger partial charge in [-0.25, -0.2) is 0 Å². The van der Waals surface area contributed by atoms with Gasteiger partial charge in [-0.2, -0.15) is 0 Å². The molecule has 37 heavy (non-hydrogen) atoms. The Balaban J connectivity index is 1.23. The number of ether oxygens (including phenoxy) is 2. The van der Waals surface area contributed by atoms with Gasteiger partial charge in [-0.3, -0.25) is 19.7 Å². The minimum absolute atomic E-state index is 0.0229. The average molecular weight is 498 g/mol. The van der Waals surface area contributed by atoms with E-state index in [0.717, 1.165) is 10.8 Å². The van der Waals surface area contributed by atoms with Gasteiger partial charge in [-0.05, 0) is 53.2 Å². The van der Waals surface area contributed by atoms with Crippen molar-refractivity contribution in [2.75, 3.05) is 23.9 Å². The summed E-state index contributed by atoms with van der Waals surface area (Å²) in [7, 11) is 1.38. The van der Waals surface area contributed by atoms with Gasteiger partial charge in [0.15, 0.2) is 0 Å². The lowest BCUT2D eigenvalue weighted by molar-refractivity contribution is -0.384. The van der Waals surface area contributed by atoms with Gasteiger partial charge in [0.2, 0.25) is 11.8 Å². The van der Waals surface area contributed by atoms with E-state index >= 15 is 0 Å². The van der Waals surface area contributed by atoms with Crippen LogP contribution in [0.2, 0.25) is 0 Å². The first kappa shape index (κ1) is 23.8. The zero-order valence-electron chi connectivity index (χ0n) is 19.9. The largest absolute Gasteiger partial charge is 0.494 e. The normalized spacial score (nSPS) is 15.0. The van der Waals surface area contributed by atoms with Crippen molar-refractivity contribution in [1.82, 2.24) is 0 Å². The first-order chi connectivity index (χ1) is 17.9. The van der Waals surface area contributed by atoms with E-state index in [9.17, 15) is 19.7 Å². The van der Waals surface area contributed by atoms with Crippen molar-refractivity contribution in [3.05, 3.63) is 95.0 Å². The molecule has 1 saturated heterocycles. The number of hydrogen-bond donors (Lipinski definition) is 1. The van der Waals surface area contributed by atoms with E-state index in [1.165, 1.54) is 30.2 Å². The Morgan fingerprint density at radius 2 is 1.70 bits per heavy atom. The fraction of sp³-hybridized carbons (Fsp3) is 0.143. The molecule has 0 radical (unpaired) electrons. The predicted octanol–water partition coefficient (Wildman–Crippen LogP) is 5.54. The number of carbonyl (C=O) groups is 2. The molecule has 2 amide bonds. The van der Waals surface area contributed by atoms with Crippen LogP contribution in [0.15, 0.2) is 84.9 Å². The van der Waals surface area contributed by atoms with Crippen molar-refractivity contribution < 1.29 is 24.0 Å². The van der Waals surface area contributed by atoms with Crippen LogP contribution >= 0.6 is 0 Å². The summed E-state index contributed by atoms with van der Waals surface area (Å²) in [5.74, 6) is 0.403. The van der Waals surface area contributed by atoms with Crippen LogP contribution in [0.3, 0.4) is 0 Å². The van der Waals surface area contributed by atoms with E-state index in [2.05, 4.69) is 5.32 Å². The Hall–Kier alpha value is -4.92. The molecule has 0 unspecified atom stereocenters. The van der Waals surface area contributed by atoms with Crippen LogP contribution in [0.5, 0.6) is 17.2 Å². The van der Waals surface area contributed by atoms with E-state index in [-0.39, 0.29) is 36.2 Å². The Kier molecular flexibility index (Phi) is 6.42. The number of rotatable bonds is 7. The lowest BCUT2D eigenvalue weighted by Crippen LogP contribution is -2.28. The monoisotopic (exact) mass is 497 g/mol.